The number of piperazine rings is 1. The Balaban J connectivity index is 1.39. The van der Waals surface area contributed by atoms with E-state index in [0.29, 0.717) is 44.1 Å². The normalized spacial score (nSPS) is 14.8. The van der Waals surface area contributed by atoms with Gasteiger partial charge in [-0.05, 0) is 50.1 Å². The number of pyridine rings is 1. The second-order valence-electron chi connectivity index (χ2n) is 8.14. The Kier molecular flexibility index (Phi) is 6.54. The second-order valence-corrected chi connectivity index (χ2v) is 8.14. The molecule has 1 aliphatic heterocycles. The maximum absolute atomic E-state index is 13.0. The first-order valence-electron chi connectivity index (χ1n) is 10.9. The van der Waals surface area contributed by atoms with Crippen LogP contribution < -0.4 is 5.32 Å². The molecule has 7 heteroatoms. The average Bonchev–Trinajstić information content (AvgIpc) is 3.26. The molecule has 0 bridgehead atoms. The van der Waals surface area contributed by atoms with Gasteiger partial charge in [0.25, 0.3) is 5.91 Å². The standard InChI is InChI=1S/C25H28N4O3/c1-18-6-9-20(10-7-18)17-22(21-5-3-4-12-26-21)27-25(31)29-15-13-28(14-16-29)24(30)23-11-8-19(2)32-23/h3-12,22H,13-17H2,1-2H3,(H,27,31). The number of amides is 3. The van der Waals surface area contributed by atoms with E-state index >= 15 is 0 Å². The molecule has 32 heavy (non-hydrogen) atoms. The summed E-state index contributed by atoms with van der Waals surface area (Å²) in [4.78, 5) is 33.6. The molecule has 7 nitrogen and oxygen atoms in total. The Hall–Kier alpha value is -3.61. The molecule has 0 radical (unpaired) electrons. The molecular formula is C25H28N4O3. The van der Waals surface area contributed by atoms with Crippen LogP contribution in [0.15, 0.2) is 65.2 Å². The quantitative estimate of drug-likeness (QED) is 0.666. The van der Waals surface area contributed by atoms with Gasteiger partial charge in [-0.15, -0.1) is 0 Å². The molecule has 3 aromatic rings. The topological polar surface area (TPSA) is 78.7 Å². The fraction of sp³-hybridized carbons (Fsp3) is 0.320. The highest BCUT2D eigenvalue weighted by molar-refractivity contribution is 5.91. The predicted molar refractivity (Wildman–Crippen MR) is 121 cm³/mol. The van der Waals surface area contributed by atoms with Gasteiger partial charge in [-0.1, -0.05) is 35.9 Å². The maximum Gasteiger partial charge on any atom is 0.318 e. The number of urea groups is 1. The molecule has 1 aliphatic rings. The van der Waals surface area contributed by atoms with E-state index in [1.165, 1.54) is 5.56 Å². The number of aromatic nitrogens is 1. The van der Waals surface area contributed by atoms with Gasteiger partial charge in [-0.25, -0.2) is 4.79 Å². The number of benzene rings is 1. The molecule has 0 spiro atoms. The number of carbonyl (C=O) groups excluding carboxylic acids is 2. The summed E-state index contributed by atoms with van der Waals surface area (Å²) in [7, 11) is 0. The molecule has 0 saturated carbocycles. The zero-order chi connectivity index (χ0) is 22.5. The summed E-state index contributed by atoms with van der Waals surface area (Å²) >= 11 is 0. The van der Waals surface area contributed by atoms with Crippen LogP contribution in [-0.4, -0.2) is 52.9 Å². The van der Waals surface area contributed by atoms with E-state index in [2.05, 4.69) is 41.5 Å². The van der Waals surface area contributed by atoms with Crippen LogP contribution in [0.25, 0.3) is 0 Å². The molecule has 1 unspecified atom stereocenters. The summed E-state index contributed by atoms with van der Waals surface area (Å²) in [5, 5.41) is 3.15. The smallest absolute Gasteiger partial charge is 0.318 e. The minimum Gasteiger partial charge on any atom is -0.456 e. The van der Waals surface area contributed by atoms with Crippen LogP contribution in [0, 0.1) is 13.8 Å². The number of aryl methyl sites for hydroxylation is 2. The molecule has 1 N–H and O–H groups in total. The maximum atomic E-state index is 13.0. The Bertz CT molecular complexity index is 1050. The van der Waals surface area contributed by atoms with Crippen LogP contribution in [0.5, 0.6) is 0 Å². The number of hydrogen-bond donors (Lipinski definition) is 1. The highest BCUT2D eigenvalue weighted by Crippen LogP contribution is 2.18. The Labute approximate surface area is 188 Å². The third-order valence-electron chi connectivity index (χ3n) is 5.71. The lowest BCUT2D eigenvalue weighted by atomic mass is 10.0. The summed E-state index contributed by atoms with van der Waals surface area (Å²) in [6.07, 6.45) is 2.39. The first-order chi connectivity index (χ1) is 15.5. The lowest BCUT2D eigenvalue weighted by molar-refractivity contribution is 0.0631. The summed E-state index contributed by atoms with van der Waals surface area (Å²) < 4.78 is 5.45. The minimum atomic E-state index is -0.239. The molecule has 1 fully saturated rings. The van der Waals surface area contributed by atoms with Crippen molar-refractivity contribution in [2.75, 3.05) is 26.2 Å². The lowest BCUT2D eigenvalue weighted by Crippen LogP contribution is -2.53. The van der Waals surface area contributed by atoms with Crippen molar-refractivity contribution in [3.63, 3.8) is 0 Å². The van der Waals surface area contributed by atoms with Gasteiger partial charge < -0.3 is 19.5 Å². The minimum absolute atomic E-state index is 0.135. The largest absolute Gasteiger partial charge is 0.456 e. The molecule has 0 aliphatic carbocycles. The van der Waals surface area contributed by atoms with Crippen molar-refractivity contribution in [3.8, 4) is 0 Å². The van der Waals surface area contributed by atoms with Gasteiger partial charge in [-0.2, -0.15) is 0 Å². The van der Waals surface area contributed by atoms with E-state index in [1.807, 2.05) is 25.1 Å². The number of nitrogens with zero attached hydrogens (tertiary/aromatic N) is 3. The van der Waals surface area contributed by atoms with Crippen molar-refractivity contribution >= 4 is 11.9 Å². The number of nitrogens with one attached hydrogen (secondary N) is 1. The van der Waals surface area contributed by atoms with Gasteiger partial charge in [0, 0.05) is 32.4 Å². The van der Waals surface area contributed by atoms with Crippen molar-refractivity contribution in [1.82, 2.24) is 20.1 Å². The summed E-state index contributed by atoms with van der Waals surface area (Å²) in [5.41, 5.74) is 3.16. The van der Waals surface area contributed by atoms with Crippen molar-refractivity contribution < 1.29 is 14.0 Å². The Morgan fingerprint density at radius 2 is 1.69 bits per heavy atom. The molecule has 2 aromatic heterocycles. The van der Waals surface area contributed by atoms with Crippen LogP contribution in [-0.2, 0) is 6.42 Å². The van der Waals surface area contributed by atoms with Crippen molar-refractivity contribution in [1.29, 1.82) is 0 Å². The number of hydrogen-bond acceptors (Lipinski definition) is 4. The highest BCUT2D eigenvalue weighted by atomic mass is 16.3. The predicted octanol–water partition coefficient (Wildman–Crippen LogP) is 3.74. The number of carbonyl (C=O) groups is 2. The zero-order valence-corrected chi connectivity index (χ0v) is 18.5. The fourth-order valence-corrected chi connectivity index (χ4v) is 3.83. The first kappa shape index (κ1) is 21.6. The van der Waals surface area contributed by atoms with Gasteiger partial charge in [0.15, 0.2) is 5.76 Å². The fourth-order valence-electron chi connectivity index (χ4n) is 3.83. The summed E-state index contributed by atoms with van der Waals surface area (Å²) in [6, 6.07) is 17.1. The third-order valence-corrected chi connectivity index (χ3v) is 5.71. The molecule has 1 atom stereocenters. The van der Waals surface area contributed by atoms with E-state index in [4.69, 9.17) is 4.42 Å². The van der Waals surface area contributed by atoms with Crippen LogP contribution in [0.3, 0.4) is 0 Å². The Morgan fingerprint density at radius 3 is 2.31 bits per heavy atom. The Morgan fingerprint density at radius 1 is 0.969 bits per heavy atom. The summed E-state index contributed by atoms with van der Waals surface area (Å²) in [5.74, 6) is 0.915. The van der Waals surface area contributed by atoms with Crippen LogP contribution in [0.4, 0.5) is 4.79 Å². The number of furan rings is 1. The first-order valence-corrected chi connectivity index (χ1v) is 10.9. The van der Waals surface area contributed by atoms with Crippen molar-refractivity contribution in [3.05, 3.63) is 89.1 Å². The molecule has 3 heterocycles. The summed E-state index contributed by atoms with van der Waals surface area (Å²) in [6.45, 7) is 5.75. The van der Waals surface area contributed by atoms with E-state index in [-0.39, 0.29) is 18.0 Å². The SMILES string of the molecule is Cc1ccc(CC(NC(=O)N2CCN(C(=O)c3ccc(C)o3)CC2)c2ccccn2)cc1. The van der Waals surface area contributed by atoms with Gasteiger partial charge in [0.1, 0.15) is 5.76 Å². The lowest BCUT2D eigenvalue weighted by Gasteiger charge is -2.35. The zero-order valence-electron chi connectivity index (χ0n) is 18.5. The van der Waals surface area contributed by atoms with E-state index < -0.39 is 0 Å². The molecular weight excluding hydrogens is 404 g/mol. The van der Waals surface area contributed by atoms with Crippen LogP contribution >= 0.6 is 0 Å². The second kappa shape index (κ2) is 9.68. The van der Waals surface area contributed by atoms with Gasteiger partial charge in [-0.3, -0.25) is 9.78 Å². The van der Waals surface area contributed by atoms with Crippen LogP contribution in [0.1, 0.15) is 39.2 Å². The van der Waals surface area contributed by atoms with Gasteiger partial charge in [0.2, 0.25) is 0 Å². The number of rotatable bonds is 5. The molecule has 166 valence electrons. The molecule has 3 amide bonds. The van der Waals surface area contributed by atoms with E-state index in [9.17, 15) is 9.59 Å². The highest BCUT2D eigenvalue weighted by Gasteiger charge is 2.28. The molecule has 4 rings (SSSR count). The van der Waals surface area contributed by atoms with E-state index in [1.54, 1.807) is 28.1 Å². The van der Waals surface area contributed by atoms with Crippen molar-refractivity contribution in [2.45, 2.75) is 26.3 Å². The van der Waals surface area contributed by atoms with Gasteiger partial charge in [0.05, 0.1) is 11.7 Å². The average molecular weight is 433 g/mol. The third kappa shape index (κ3) is 5.17. The van der Waals surface area contributed by atoms with Crippen LogP contribution in [0.2, 0.25) is 0 Å². The van der Waals surface area contributed by atoms with E-state index in [0.717, 1.165) is 11.3 Å². The van der Waals surface area contributed by atoms with Gasteiger partial charge >= 0.3 is 6.03 Å². The monoisotopic (exact) mass is 432 g/mol. The molecule has 1 aromatic carbocycles. The van der Waals surface area contributed by atoms with Crippen molar-refractivity contribution in [2.24, 2.45) is 0 Å². The molecule has 1 saturated heterocycles.